The zero-order valence-corrected chi connectivity index (χ0v) is 31.9. The predicted molar refractivity (Wildman–Crippen MR) is 195 cm³/mol. The van der Waals surface area contributed by atoms with E-state index in [2.05, 4.69) is 28.0 Å². The van der Waals surface area contributed by atoms with Crippen LogP contribution in [0.5, 0.6) is 0 Å². The van der Waals surface area contributed by atoms with Gasteiger partial charge in [-0.25, -0.2) is 18.0 Å². The molecule has 6 rings (SSSR count). The van der Waals surface area contributed by atoms with Gasteiger partial charge >= 0.3 is 12.2 Å². The van der Waals surface area contributed by atoms with Crippen LogP contribution in [0, 0.1) is 16.7 Å². The number of ether oxygens (including phenoxy) is 2. The third-order valence-corrected chi connectivity index (χ3v) is 12.7. The van der Waals surface area contributed by atoms with Gasteiger partial charge in [0.2, 0.25) is 21.8 Å². The summed E-state index contributed by atoms with van der Waals surface area (Å²) in [6.07, 6.45) is 5.66. The van der Waals surface area contributed by atoms with Crippen molar-refractivity contribution in [3.63, 3.8) is 0 Å². The first-order valence-corrected chi connectivity index (χ1v) is 19.9. The molecule has 288 valence electrons. The Labute approximate surface area is 311 Å². The molecular weight excluding hydrogens is 703 g/mol. The van der Waals surface area contributed by atoms with Crippen LogP contribution >= 0.6 is 0 Å². The van der Waals surface area contributed by atoms with Crippen molar-refractivity contribution in [2.75, 3.05) is 13.2 Å². The first-order chi connectivity index (χ1) is 24.8. The van der Waals surface area contributed by atoms with Crippen LogP contribution in [0.1, 0.15) is 89.8 Å². The molecular formula is C38H51N5O9S. The molecule has 1 aromatic carbocycles. The molecule has 0 unspecified atom stereocenters. The fourth-order valence-corrected chi connectivity index (χ4v) is 8.70. The van der Waals surface area contributed by atoms with Crippen LogP contribution in [-0.4, -0.2) is 90.3 Å². The summed E-state index contributed by atoms with van der Waals surface area (Å²) >= 11 is 0. The van der Waals surface area contributed by atoms with Crippen molar-refractivity contribution in [2.24, 2.45) is 16.7 Å². The Morgan fingerprint density at radius 1 is 1.11 bits per heavy atom. The third kappa shape index (κ3) is 8.24. The number of hydrogen-bond acceptors (Lipinski definition) is 9. The fraction of sp³-hybridized carbons (Fsp3) is 0.605. The Morgan fingerprint density at radius 2 is 1.85 bits per heavy atom. The van der Waals surface area contributed by atoms with Crippen LogP contribution in [-0.2, 0) is 47.0 Å². The molecule has 15 heteroatoms. The third-order valence-electron chi connectivity index (χ3n) is 10.9. The van der Waals surface area contributed by atoms with Gasteiger partial charge in [0.05, 0.1) is 24.9 Å². The topological polar surface area (TPSA) is 181 Å². The van der Waals surface area contributed by atoms with E-state index in [1.807, 2.05) is 38.1 Å². The Hall–Kier alpha value is -4.40. The molecule has 1 saturated heterocycles. The number of amides is 5. The largest absolute Gasteiger partial charge is 0.449 e. The number of benzene rings is 1. The number of nitrogens with one attached hydrogen (secondary N) is 3. The van der Waals surface area contributed by atoms with Crippen LogP contribution in [0.4, 0.5) is 9.59 Å². The minimum Gasteiger partial charge on any atom is -0.449 e. The van der Waals surface area contributed by atoms with Crippen molar-refractivity contribution >= 4 is 46.0 Å². The van der Waals surface area contributed by atoms with E-state index in [0.717, 1.165) is 29.5 Å². The van der Waals surface area contributed by atoms with Crippen LogP contribution in [0.25, 0.3) is 6.08 Å². The molecule has 4 bridgehead atoms. The molecule has 0 aromatic heterocycles. The molecule has 5 aliphatic rings. The average Bonchev–Trinajstić information content (AvgIpc) is 3.97. The van der Waals surface area contributed by atoms with Gasteiger partial charge in [0.1, 0.15) is 23.7 Å². The lowest BCUT2D eigenvalue weighted by Gasteiger charge is -2.35. The van der Waals surface area contributed by atoms with Gasteiger partial charge in [-0.15, -0.1) is 6.58 Å². The van der Waals surface area contributed by atoms with Crippen molar-refractivity contribution < 1.29 is 41.9 Å². The monoisotopic (exact) mass is 753 g/mol. The molecule has 0 radical (unpaired) electrons. The number of hydrogen-bond donors (Lipinski definition) is 3. The second-order valence-electron chi connectivity index (χ2n) is 16.9. The first-order valence-electron chi connectivity index (χ1n) is 18.3. The van der Waals surface area contributed by atoms with Crippen molar-refractivity contribution in [3.8, 4) is 0 Å². The summed E-state index contributed by atoms with van der Waals surface area (Å²) in [5, 5.41) is 4.82. The lowest BCUT2D eigenvalue weighted by Crippen LogP contribution is -2.60. The van der Waals surface area contributed by atoms with E-state index in [1.165, 1.54) is 11.0 Å². The molecule has 53 heavy (non-hydrogen) atoms. The SMILES string of the molecule is C=C[C@@H]1C[C@]1(NC(=O)[C@@H]1C[C@@H]2CN1C(=O)[C@H](C(C)(C)C)NC(=O)OCC(C)(C)CC/C=C/c1cccc3c1CN(C3)C(=O)O2)C(=O)NS(=O)(=O)C1CC1. The quantitative estimate of drug-likeness (QED) is 0.365. The van der Waals surface area contributed by atoms with Gasteiger partial charge in [0, 0.05) is 18.9 Å². The zero-order chi connectivity index (χ0) is 38.5. The highest BCUT2D eigenvalue weighted by Gasteiger charge is 2.62. The maximum Gasteiger partial charge on any atom is 0.410 e. The van der Waals surface area contributed by atoms with Crippen LogP contribution < -0.4 is 15.4 Å². The van der Waals surface area contributed by atoms with E-state index in [1.54, 1.807) is 25.7 Å². The standard InChI is InChI=1S/C38H51N5O9S/c1-7-25-18-38(25,33(46)41-53(49,50)27-14-15-27)40-31(44)29-17-26-20-43(29)32(45)30(36(2,3)4)39-34(47)51-22-37(5,6)16-9-8-11-23-12-10-13-24-19-42(21-28(23)24)35(48)52-26/h7-8,10-13,25-27,29-30H,1,9,14-22H2,2-6H3,(H,39,47)(H,40,44)(H,41,46)/b11-8+/t25-,26-,29+,30-,38-/m1/s1. The van der Waals surface area contributed by atoms with Gasteiger partial charge in [0.15, 0.2) is 0 Å². The molecule has 0 spiro atoms. The Balaban J connectivity index is 1.29. The number of carbonyl (C=O) groups is 5. The summed E-state index contributed by atoms with van der Waals surface area (Å²) in [6, 6.07) is 3.54. The molecule has 2 saturated carbocycles. The van der Waals surface area contributed by atoms with Crippen LogP contribution in [0.2, 0.25) is 0 Å². The molecule has 3 heterocycles. The van der Waals surface area contributed by atoms with E-state index in [0.29, 0.717) is 25.9 Å². The fourth-order valence-electron chi connectivity index (χ4n) is 7.34. The van der Waals surface area contributed by atoms with E-state index < -0.39 is 80.2 Å². The summed E-state index contributed by atoms with van der Waals surface area (Å²) in [7, 11) is -3.91. The van der Waals surface area contributed by atoms with Gasteiger partial charge in [0.25, 0.3) is 5.91 Å². The normalized spacial score (nSPS) is 29.6. The number of allylic oxidation sites excluding steroid dienone is 1. The Bertz CT molecular complexity index is 1830. The zero-order valence-electron chi connectivity index (χ0n) is 31.1. The van der Waals surface area contributed by atoms with E-state index in [4.69, 9.17) is 9.47 Å². The number of fused-ring (bicyclic) bond motifs is 3. The summed E-state index contributed by atoms with van der Waals surface area (Å²) in [5.74, 6) is -2.74. The molecule has 5 atom stereocenters. The van der Waals surface area contributed by atoms with Crippen molar-refractivity contribution in [2.45, 2.75) is 115 Å². The average molecular weight is 754 g/mol. The maximum absolute atomic E-state index is 14.5. The summed E-state index contributed by atoms with van der Waals surface area (Å²) in [4.78, 5) is 71.9. The first kappa shape index (κ1) is 38.3. The number of sulfonamides is 1. The molecule has 1 aromatic rings. The van der Waals surface area contributed by atoms with Gasteiger partial charge in [-0.05, 0) is 59.6 Å². The van der Waals surface area contributed by atoms with Crippen LogP contribution in [0.3, 0.4) is 0 Å². The highest BCUT2D eigenvalue weighted by Crippen LogP contribution is 2.45. The number of rotatable bonds is 6. The van der Waals surface area contributed by atoms with Crippen LogP contribution in [0.15, 0.2) is 36.9 Å². The van der Waals surface area contributed by atoms with E-state index in [9.17, 15) is 32.4 Å². The molecule has 3 N–H and O–H groups in total. The van der Waals surface area contributed by atoms with E-state index >= 15 is 0 Å². The number of nitrogens with zero attached hydrogens (tertiary/aromatic N) is 2. The van der Waals surface area contributed by atoms with Crippen molar-refractivity contribution in [1.29, 1.82) is 0 Å². The van der Waals surface area contributed by atoms with Gasteiger partial charge < -0.3 is 25.0 Å². The second-order valence-corrected chi connectivity index (χ2v) is 18.9. The molecule has 3 fully saturated rings. The molecule has 2 aliphatic carbocycles. The summed E-state index contributed by atoms with van der Waals surface area (Å²) in [6.45, 7) is 13.7. The Morgan fingerprint density at radius 3 is 2.51 bits per heavy atom. The van der Waals surface area contributed by atoms with Gasteiger partial charge in [-0.2, -0.15) is 0 Å². The summed E-state index contributed by atoms with van der Waals surface area (Å²) < 4.78 is 39.1. The smallest absolute Gasteiger partial charge is 0.410 e. The summed E-state index contributed by atoms with van der Waals surface area (Å²) in [5.41, 5.74) is 0.196. The highest BCUT2D eigenvalue weighted by molar-refractivity contribution is 7.91. The van der Waals surface area contributed by atoms with Crippen molar-refractivity contribution in [1.82, 2.24) is 25.2 Å². The number of alkyl carbamates (subject to hydrolysis) is 1. The lowest BCUT2D eigenvalue weighted by molar-refractivity contribution is -0.143. The lowest BCUT2D eigenvalue weighted by atomic mass is 9.85. The molecule has 3 aliphatic heterocycles. The Kier molecular flexibility index (Phi) is 10.2. The predicted octanol–water partition coefficient (Wildman–Crippen LogP) is 3.75. The minimum atomic E-state index is -3.91. The molecule has 14 nitrogen and oxygen atoms in total. The second kappa shape index (κ2) is 14.1. The highest BCUT2D eigenvalue weighted by atomic mass is 32.2. The minimum absolute atomic E-state index is 0.0928. The maximum atomic E-state index is 14.5. The number of carbonyl (C=O) groups excluding carboxylic acids is 5. The van der Waals surface area contributed by atoms with Gasteiger partial charge in [-0.1, -0.05) is 71.0 Å². The van der Waals surface area contributed by atoms with Gasteiger partial charge in [-0.3, -0.25) is 24.0 Å². The van der Waals surface area contributed by atoms with E-state index in [-0.39, 0.29) is 31.4 Å². The van der Waals surface area contributed by atoms with Crippen molar-refractivity contribution in [3.05, 3.63) is 53.6 Å². The molecule has 5 amide bonds. The number of cyclic esters (lactones) is 1.